The SMILES string of the molecule is CN1CCC(N(C)c2cccc3c2C[C@H](CN(C)[C@H]2CCCc4cccnc42)NC3)CC1. The van der Waals surface area contributed by atoms with Gasteiger partial charge in [0.2, 0.25) is 0 Å². The van der Waals surface area contributed by atoms with E-state index in [-0.39, 0.29) is 0 Å². The molecule has 2 aliphatic heterocycles. The van der Waals surface area contributed by atoms with Crippen LogP contribution in [0.1, 0.15) is 54.1 Å². The molecule has 1 aromatic heterocycles. The number of hydrogen-bond donors (Lipinski definition) is 1. The number of benzene rings is 1. The molecule has 1 aromatic carbocycles. The number of aromatic nitrogens is 1. The summed E-state index contributed by atoms with van der Waals surface area (Å²) in [4.78, 5) is 12.4. The predicted octanol–water partition coefficient (Wildman–Crippen LogP) is 3.64. The average Bonchev–Trinajstić information content (AvgIpc) is 2.83. The summed E-state index contributed by atoms with van der Waals surface area (Å²) in [5, 5.41) is 3.83. The normalized spacial score (nSPS) is 24.2. The smallest absolute Gasteiger partial charge is 0.0607 e. The lowest BCUT2D eigenvalue weighted by atomic mass is 9.89. The molecule has 1 saturated heterocycles. The Labute approximate surface area is 193 Å². The van der Waals surface area contributed by atoms with Crippen LogP contribution in [-0.4, -0.2) is 67.6 Å². The van der Waals surface area contributed by atoms with Crippen molar-refractivity contribution in [2.24, 2.45) is 0 Å². The van der Waals surface area contributed by atoms with E-state index in [1.807, 2.05) is 6.20 Å². The maximum atomic E-state index is 4.77. The fourth-order valence-corrected chi connectivity index (χ4v) is 6.12. The number of aryl methyl sites for hydroxylation is 1. The van der Waals surface area contributed by atoms with E-state index in [0.717, 1.165) is 19.5 Å². The van der Waals surface area contributed by atoms with Gasteiger partial charge in [0.05, 0.1) is 11.7 Å². The number of piperidine rings is 1. The minimum atomic E-state index is 0.445. The van der Waals surface area contributed by atoms with Crippen LogP contribution in [0.15, 0.2) is 36.5 Å². The van der Waals surface area contributed by atoms with Gasteiger partial charge in [-0.1, -0.05) is 18.2 Å². The van der Waals surface area contributed by atoms with Crippen LogP contribution in [0.25, 0.3) is 0 Å². The maximum absolute atomic E-state index is 4.77. The number of fused-ring (bicyclic) bond motifs is 2. The molecule has 2 atom stereocenters. The Bertz CT molecular complexity index is 920. The molecule has 1 fully saturated rings. The van der Waals surface area contributed by atoms with Crippen molar-refractivity contribution in [3.63, 3.8) is 0 Å². The first-order valence-electron chi connectivity index (χ1n) is 12.5. The minimum absolute atomic E-state index is 0.445. The summed E-state index contributed by atoms with van der Waals surface area (Å²) in [7, 11) is 6.86. The first kappa shape index (κ1) is 21.9. The molecule has 1 N–H and O–H groups in total. The Hall–Kier alpha value is -1.95. The lowest BCUT2D eigenvalue weighted by Gasteiger charge is -2.40. The highest BCUT2D eigenvalue weighted by Gasteiger charge is 2.30. The molecule has 5 heteroatoms. The van der Waals surface area contributed by atoms with E-state index in [1.54, 1.807) is 5.56 Å². The third-order valence-corrected chi connectivity index (χ3v) is 8.10. The van der Waals surface area contributed by atoms with Crippen LogP contribution in [0.5, 0.6) is 0 Å². The van der Waals surface area contributed by atoms with Crippen LogP contribution in [0.4, 0.5) is 5.69 Å². The largest absolute Gasteiger partial charge is 0.371 e. The molecule has 5 nitrogen and oxygen atoms in total. The van der Waals surface area contributed by atoms with E-state index in [1.165, 1.54) is 67.7 Å². The Morgan fingerprint density at radius 2 is 1.88 bits per heavy atom. The Balaban J connectivity index is 1.30. The molecule has 1 aliphatic carbocycles. The molecular weight excluding hydrogens is 394 g/mol. The molecule has 0 radical (unpaired) electrons. The number of nitrogens with one attached hydrogen (secondary N) is 1. The Kier molecular flexibility index (Phi) is 6.49. The molecule has 0 spiro atoms. The highest BCUT2D eigenvalue weighted by atomic mass is 15.2. The topological polar surface area (TPSA) is 34.6 Å². The van der Waals surface area contributed by atoms with Crippen LogP contribution in [-0.2, 0) is 19.4 Å². The van der Waals surface area contributed by atoms with Crippen LogP contribution < -0.4 is 10.2 Å². The summed E-state index contributed by atoms with van der Waals surface area (Å²) in [5.41, 5.74) is 7.25. The quantitative estimate of drug-likeness (QED) is 0.779. The number of anilines is 1. The monoisotopic (exact) mass is 433 g/mol. The summed E-state index contributed by atoms with van der Waals surface area (Å²) in [6.07, 6.45) is 9.24. The van der Waals surface area contributed by atoms with Gasteiger partial charge in [0.25, 0.3) is 0 Å². The highest BCUT2D eigenvalue weighted by Crippen LogP contribution is 2.34. The molecule has 172 valence electrons. The predicted molar refractivity (Wildman–Crippen MR) is 132 cm³/mol. The van der Waals surface area contributed by atoms with E-state index in [2.05, 4.69) is 71.5 Å². The third-order valence-electron chi connectivity index (χ3n) is 8.10. The Morgan fingerprint density at radius 3 is 2.72 bits per heavy atom. The molecule has 3 heterocycles. The van der Waals surface area contributed by atoms with E-state index in [4.69, 9.17) is 4.98 Å². The first-order valence-corrected chi connectivity index (χ1v) is 12.5. The van der Waals surface area contributed by atoms with E-state index < -0.39 is 0 Å². The minimum Gasteiger partial charge on any atom is -0.371 e. The zero-order chi connectivity index (χ0) is 22.1. The maximum Gasteiger partial charge on any atom is 0.0607 e. The van der Waals surface area contributed by atoms with E-state index in [9.17, 15) is 0 Å². The molecule has 2 aromatic rings. The van der Waals surface area contributed by atoms with Crippen molar-refractivity contribution >= 4 is 5.69 Å². The molecular formula is C27H39N5. The van der Waals surface area contributed by atoms with Crippen LogP contribution >= 0.6 is 0 Å². The molecule has 0 unspecified atom stereocenters. The van der Waals surface area contributed by atoms with Crippen LogP contribution in [0.2, 0.25) is 0 Å². The van der Waals surface area contributed by atoms with Gasteiger partial charge in [-0.15, -0.1) is 0 Å². The zero-order valence-electron chi connectivity index (χ0n) is 20.1. The van der Waals surface area contributed by atoms with Gasteiger partial charge >= 0.3 is 0 Å². The van der Waals surface area contributed by atoms with Gasteiger partial charge in [0.15, 0.2) is 0 Å². The van der Waals surface area contributed by atoms with Gasteiger partial charge in [-0.25, -0.2) is 0 Å². The molecule has 0 amide bonds. The number of rotatable bonds is 5. The summed E-state index contributed by atoms with van der Waals surface area (Å²) in [5.74, 6) is 0. The fraction of sp³-hybridized carbons (Fsp3) is 0.593. The lowest BCUT2D eigenvalue weighted by Crippen LogP contribution is -2.46. The molecule has 0 bridgehead atoms. The van der Waals surface area contributed by atoms with Crippen molar-refractivity contribution in [3.05, 3.63) is 58.9 Å². The summed E-state index contributed by atoms with van der Waals surface area (Å²) >= 11 is 0. The molecule has 0 saturated carbocycles. The second-order valence-corrected chi connectivity index (χ2v) is 10.2. The lowest BCUT2D eigenvalue weighted by molar-refractivity contribution is 0.191. The zero-order valence-corrected chi connectivity index (χ0v) is 20.1. The van der Waals surface area contributed by atoms with Crippen molar-refractivity contribution in [2.45, 2.75) is 63.2 Å². The molecule has 32 heavy (non-hydrogen) atoms. The van der Waals surface area contributed by atoms with Crippen molar-refractivity contribution in [1.29, 1.82) is 0 Å². The number of likely N-dealkylation sites (N-methyl/N-ethyl adjacent to an activating group) is 1. The highest BCUT2D eigenvalue weighted by molar-refractivity contribution is 5.58. The fourth-order valence-electron chi connectivity index (χ4n) is 6.12. The van der Waals surface area contributed by atoms with E-state index >= 15 is 0 Å². The van der Waals surface area contributed by atoms with Crippen molar-refractivity contribution in [1.82, 2.24) is 20.1 Å². The second-order valence-electron chi connectivity index (χ2n) is 10.2. The van der Waals surface area contributed by atoms with Gasteiger partial charge in [0.1, 0.15) is 0 Å². The van der Waals surface area contributed by atoms with Gasteiger partial charge in [-0.05, 0) is 94.5 Å². The Morgan fingerprint density at radius 1 is 1.06 bits per heavy atom. The number of hydrogen-bond acceptors (Lipinski definition) is 5. The average molecular weight is 434 g/mol. The van der Waals surface area contributed by atoms with Gasteiger partial charge in [-0.2, -0.15) is 0 Å². The third kappa shape index (κ3) is 4.43. The van der Waals surface area contributed by atoms with Crippen LogP contribution in [0.3, 0.4) is 0 Å². The molecule has 3 aliphatic rings. The number of pyridine rings is 1. The summed E-state index contributed by atoms with van der Waals surface area (Å²) < 4.78 is 0. The van der Waals surface area contributed by atoms with Crippen molar-refractivity contribution in [2.75, 3.05) is 45.7 Å². The van der Waals surface area contributed by atoms with Gasteiger partial charge in [-0.3, -0.25) is 9.88 Å². The summed E-state index contributed by atoms with van der Waals surface area (Å²) in [6.45, 7) is 4.45. The first-order chi connectivity index (χ1) is 15.6. The second kappa shape index (κ2) is 9.50. The standard InChI is InChI=1S/C27H39N5/c1-30-15-12-23(13-16-30)32(3)25-10-5-8-21-18-29-22(17-24(21)25)19-31(2)26-11-4-7-20-9-6-14-28-27(20)26/h5-6,8-10,14,22-23,26,29H,4,7,11-13,15-19H2,1-3H3/t22-,26+/m1/s1. The van der Waals surface area contributed by atoms with Gasteiger partial charge < -0.3 is 15.1 Å². The van der Waals surface area contributed by atoms with E-state index in [0.29, 0.717) is 18.1 Å². The number of likely N-dealkylation sites (tertiary alicyclic amines) is 1. The van der Waals surface area contributed by atoms with Crippen LogP contribution in [0, 0.1) is 0 Å². The van der Waals surface area contributed by atoms with Crippen molar-refractivity contribution < 1.29 is 0 Å². The van der Waals surface area contributed by atoms with Crippen molar-refractivity contribution in [3.8, 4) is 0 Å². The van der Waals surface area contributed by atoms with Gasteiger partial charge in [0, 0.05) is 44.1 Å². The summed E-state index contributed by atoms with van der Waals surface area (Å²) in [6, 6.07) is 12.8. The molecule has 5 rings (SSSR count). The number of nitrogens with zero attached hydrogens (tertiary/aromatic N) is 4.